The van der Waals surface area contributed by atoms with Crippen molar-refractivity contribution in [3.05, 3.63) is 17.5 Å². The Bertz CT molecular complexity index is 407. The van der Waals surface area contributed by atoms with Crippen molar-refractivity contribution < 1.29 is 4.79 Å². The highest BCUT2D eigenvalue weighted by atomic mass is 16.2. The molecule has 1 aliphatic heterocycles. The highest BCUT2D eigenvalue weighted by Gasteiger charge is 2.16. The van der Waals surface area contributed by atoms with Crippen LogP contribution < -0.4 is 10.6 Å². The Morgan fingerprint density at radius 3 is 2.89 bits per heavy atom. The predicted molar refractivity (Wildman–Crippen MR) is 70.5 cm³/mol. The van der Waals surface area contributed by atoms with E-state index in [1.54, 1.807) is 4.68 Å². The van der Waals surface area contributed by atoms with Gasteiger partial charge in [-0.25, -0.2) is 0 Å². The highest BCUT2D eigenvalue weighted by molar-refractivity contribution is 5.92. The van der Waals surface area contributed by atoms with Crippen LogP contribution in [0.1, 0.15) is 35.9 Å². The van der Waals surface area contributed by atoms with Crippen LogP contribution in [0.2, 0.25) is 0 Å². The van der Waals surface area contributed by atoms with Gasteiger partial charge in [0.25, 0.3) is 5.91 Å². The van der Waals surface area contributed by atoms with Crippen molar-refractivity contribution in [2.75, 3.05) is 19.6 Å². The van der Waals surface area contributed by atoms with Gasteiger partial charge < -0.3 is 10.6 Å². The summed E-state index contributed by atoms with van der Waals surface area (Å²) in [6.07, 6.45) is 3.15. The number of hydrogen-bond donors (Lipinski definition) is 2. The minimum absolute atomic E-state index is 0.0109. The number of amides is 1. The minimum Gasteiger partial charge on any atom is -0.350 e. The lowest BCUT2D eigenvalue weighted by atomic mass is 9.98. The quantitative estimate of drug-likeness (QED) is 0.827. The van der Waals surface area contributed by atoms with Gasteiger partial charge in [0.2, 0.25) is 0 Å². The second kappa shape index (κ2) is 6.00. The van der Waals surface area contributed by atoms with E-state index in [4.69, 9.17) is 0 Å². The van der Waals surface area contributed by atoms with Gasteiger partial charge in [-0.1, -0.05) is 6.92 Å². The lowest BCUT2D eigenvalue weighted by molar-refractivity contribution is 0.0935. The predicted octanol–water partition coefficient (Wildman–Crippen LogP) is 0.712. The van der Waals surface area contributed by atoms with Crippen molar-refractivity contribution in [3.8, 4) is 0 Å². The summed E-state index contributed by atoms with van der Waals surface area (Å²) in [5.41, 5.74) is 1.62. The van der Waals surface area contributed by atoms with Crippen molar-refractivity contribution in [3.63, 3.8) is 0 Å². The number of aryl methyl sites for hydroxylation is 2. The van der Waals surface area contributed by atoms with Crippen molar-refractivity contribution in [1.29, 1.82) is 0 Å². The number of nitrogens with zero attached hydrogens (tertiary/aromatic N) is 2. The minimum atomic E-state index is -0.0109. The Morgan fingerprint density at radius 1 is 1.56 bits per heavy atom. The molecular formula is C13H22N4O. The zero-order chi connectivity index (χ0) is 13.0. The summed E-state index contributed by atoms with van der Waals surface area (Å²) in [4.78, 5) is 12.0. The first-order chi connectivity index (χ1) is 8.70. The maximum Gasteiger partial charge on any atom is 0.269 e. The topological polar surface area (TPSA) is 59.0 Å². The van der Waals surface area contributed by atoms with Gasteiger partial charge in [0.15, 0.2) is 0 Å². The maximum absolute atomic E-state index is 12.0. The smallest absolute Gasteiger partial charge is 0.269 e. The normalized spacial score (nSPS) is 16.8. The molecule has 1 amide bonds. The molecule has 0 unspecified atom stereocenters. The highest BCUT2D eigenvalue weighted by Crippen LogP contribution is 2.10. The zero-order valence-electron chi connectivity index (χ0n) is 11.2. The number of nitrogens with one attached hydrogen (secondary N) is 2. The van der Waals surface area contributed by atoms with Crippen LogP contribution in [0.3, 0.4) is 0 Å². The first kappa shape index (κ1) is 13.1. The molecule has 18 heavy (non-hydrogen) atoms. The summed E-state index contributed by atoms with van der Waals surface area (Å²) >= 11 is 0. The Balaban J connectivity index is 1.88. The standard InChI is InChI=1S/C13H22N4O/c1-3-11-8-12(17(2)16-11)13(18)15-9-10-4-6-14-7-5-10/h8,10,14H,3-7,9H2,1-2H3,(H,15,18). The third-order valence-corrected chi connectivity index (χ3v) is 3.54. The van der Waals surface area contributed by atoms with Crippen LogP contribution in [0, 0.1) is 5.92 Å². The van der Waals surface area contributed by atoms with Gasteiger partial charge in [0.1, 0.15) is 5.69 Å². The molecule has 1 aromatic heterocycles. The molecule has 0 radical (unpaired) electrons. The largest absolute Gasteiger partial charge is 0.350 e. The van der Waals surface area contributed by atoms with E-state index in [1.165, 1.54) is 0 Å². The van der Waals surface area contributed by atoms with E-state index >= 15 is 0 Å². The molecule has 0 bridgehead atoms. The van der Waals surface area contributed by atoms with E-state index in [2.05, 4.69) is 15.7 Å². The molecule has 1 aliphatic rings. The van der Waals surface area contributed by atoms with E-state index in [1.807, 2.05) is 20.0 Å². The molecule has 5 heteroatoms. The van der Waals surface area contributed by atoms with E-state index in [-0.39, 0.29) is 5.91 Å². The second-order valence-corrected chi connectivity index (χ2v) is 4.90. The summed E-state index contributed by atoms with van der Waals surface area (Å²) in [5.74, 6) is 0.595. The molecule has 0 spiro atoms. The van der Waals surface area contributed by atoms with Crippen LogP contribution in [0.25, 0.3) is 0 Å². The van der Waals surface area contributed by atoms with Crippen LogP contribution in [0.5, 0.6) is 0 Å². The average molecular weight is 250 g/mol. The fourth-order valence-corrected chi connectivity index (χ4v) is 2.33. The number of piperidine rings is 1. The zero-order valence-corrected chi connectivity index (χ0v) is 11.2. The van der Waals surface area contributed by atoms with Gasteiger partial charge in [-0.15, -0.1) is 0 Å². The monoisotopic (exact) mass is 250 g/mol. The Morgan fingerprint density at radius 2 is 2.28 bits per heavy atom. The Kier molecular flexibility index (Phi) is 4.36. The number of hydrogen-bond acceptors (Lipinski definition) is 3. The second-order valence-electron chi connectivity index (χ2n) is 4.90. The summed E-state index contributed by atoms with van der Waals surface area (Å²) in [5, 5.41) is 10.6. The molecule has 100 valence electrons. The SMILES string of the molecule is CCc1cc(C(=O)NCC2CCNCC2)n(C)n1. The van der Waals surface area contributed by atoms with Crippen molar-refractivity contribution >= 4 is 5.91 Å². The van der Waals surface area contributed by atoms with Crippen LogP contribution in [-0.4, -0.2) is 35.3 Å². The molecule has 2 heterocycles. The summed E-state index contributed by atoms with van der Waals surface area (Å²) in [6.45, 7) is 4.94. The van der Waals surface area contributed by atoms with Gasteiger partial charge >= 0.3 is 0 Å². The van der Waals surface area contributed by atoms with Crippen LogP contribution in [0.15, 0.2) is 6.07 Å². The van der Waals surface area contributed by atoms with Gasteiger partial charge in [-0.3, -0.25) is 9.48 Å². The lowest BCUT2D eigenvalue weighted by Crippen LogP contribution is -2.36. The first-order valence-corrected chi connectivity index (χ1v) is 6.72. The van der Waals surface area contributed by atoms with Crippen LogP contribution in [0.4, 0.5) is 0 Å². The third kappa shape index (κ3) is 3.10. The van der Waals surface area contributed by atoms with Gasteiger partial charge in [-0.2, -0.15) is 5.10 Å². The molecule has 0 atom stereocenters. The molecular weight excluding hydrogens is 228 g/mol. The van der Waals surface area contributed by atoms with Crippen molar-refractivity contribution in [2.24, 2.45) is 13.0 Å². The fraction of sp³-hybridized carbons (Fsp3) is 0.692. The maximum atomic E-state index is 12.0. The number of rotatable bonds is 4. The summed E-state index contributed by atoms with van der Waals surface area (Å²) in [7, 11) is 1.82. The summed E-state index contributed by atoms with van der Waals surface area (Å²) < 4.78 is 1.66. The average Bonchev–Trinajstić information content (AvgIpc) is 2.78. The molecule has 0 aliphatic carbocycles. The van der Waals surface area contributed by atoms with Crippen LogP contribution >= 0.6 is 0 Å². The molecule has 1 saturated heterocycles. The van der Waals surface area contributed by atoms with Gasteiger partial charge in [0, 0.05) is 13.6 Å². The van der Waals surface area contributed by atoms with Crippen LogP contribution in [-0.2, 0) is 13.5 Å². The van der Waals surface area contributed by atoms with E-state index in [0.717, 1.165) is 44.6 Å². The molecule has 2 N–H and O–H groups in total. The Labute approximate surface area is 108 Å². The van der Waals surface area contributed by atoms with Gasteiger partial charge in [-0.05, 0) is 44.3 Å². The van der Waals surface area contributed by atoms with Crippen molar-refractivity contribution in [2.45, 2.75) is 26.2 Å². The van der Waals surface area contributed by atoms with E-state index in [9.17, 15) is 4.79 Å². The van der Waals surface area contributed by atoms with E-state index in [0.29, 0.717) is 11.6 Å². The third-order valence-electron chi connectivity index (χ3n) is 3.54. The Hall–Kier alpha value is -1.36. The molecule has 0 saturated carbocycles. The van der Waals surface area contributed by atoms with Gasteiger partial charge in [0.05, 0.1) is 5.69 Å². The van der Waals surface area contributed by atoms with Crippen molar-refractivity contribution in [1.82, 2.24) is 20.4 Å². The fourth-order valence-electron chi connectivity index (χ4n) is 2.33. The molecule has 2 rings (SSSR count). The lowest BCUT2D eigenvalue weighted by Gasteiger charge is -2.22. The number of aromatic nitrogens is 2. The molecule has 1 fully saturated rings. The molecule has 0 aromatic carbocycles. The summed E-state index contributed by atoms with van der Waals surface area (Å²) in [6, 6.07) is 1.87. The molecule has 5 nitrogen and oxygen atoms in total. The number of carbonyl (C=O) groups is 1. The first-order valence-electron chi connectivity index (χ1n) is 6.72. The van der Waals surface area contributed by atoms with E-state index < -0.39 is 0 Å². The molecule has 1 aromatic rings. The number of carbonyl (C=O) groups excluding carboxylic acids is 1.